The molecule has 4 heteroatoms. The van der Waals surface area contributed by atoms with Crippen LogP contribution < -0.4 is 0 Å². The van der Waals surface area contributed by atoms with E-state index < -0.39 is 5.97 Å². The molecule has 0 amide bonds. The Hall–Kier alpha value is -1.58. The van der Waals surface area contributed by atoms with Gasteiger partial charge in [-0.15, -0.1) is 0 Å². The molecule has 0 unspecified atom stereocenters. The monoisotopic (exact) mass is 165 g/mol. The molecule has 0 saturated heterocycles. The van der Waals surface area contributed by atoms with Crippen LogP contribution in [0.3, 0.4) is 0 Å². The van der Waals surface area contributed by atoms with Gasteiger partial charge >= 0.3 is 5.97 Å². The molecule has 1 aliphatic rings. The largest absolute Gasteiger partial charge is 0.478 e. The van der Waals surface area contributed by atoms with Gasteiger partial charge in [0.1, 0.15) is 0 Å². The van der Waals surface area contributed by atoms with E-state index in [1.54, 1.807) is 4.57 Å². The number of fused-ring (bicyclic) bond motifs is 1. The van der Waals surface area contributed by atoms with Gasteiger partial charge in [-0.25, -0.2) is 4.79 Å². The number of carboxylic acids is 1. The minimum Gasteiger partial charge on any atom is -0.478 e. The molecule has 0 aromatic carbocycles. The second-order valence-corrected chi connectivity index (χ2v) is 2.79. The highest BCUT2D eigenvalue weighted by atomic mass is 16.4. The lowest BCUT2D eigenvalue weighted by Gasteiger charge is -1.89. The Kier molecular flexibility index (Phi) is 1.30. The fourth-order valence-corrected chi connectivity index (χ4v) is 1.40. The van der Waals surface area contributed by atoms with Crippen molar-refractivity contribution in [1.82, 2.24) is 4.57 Å². The number of Topliss-reactive ketones (excluding diaryl/α,β-unsaturated/α-hetero) is 1. The van der Waals surface area contributed by atoms with Gasteiger partial charge in [-0.3, -0.25) is 4.79 Å². The zero-order valence-corrected chi connectivity index (χ0v) is 6.28. The van der Waals surface area contributed by atoms with Gasteiger partial charge in [0, 0.05) is 19.2 Å². The number of hydrogen-bond acceptors (Lipinski definition) is 2. The van der Waals surface area contributed by atoms with Crippen LogP contribution in [-0.4, -0.2) is 21.4 Å². The molecule has 1 N–H and O–H groups in total. The molecule has 0 fully saturated rings. The van der Waals surface area contributed by atoms with Crippen LogP contribution in [0.4, 0.5) is 0 Å². The minimum atomic E-state index is -0.982. The van der Waals surface area contributed by atoms with E-state index in [1.165, 1.54) is 12.3 Å². The molecular weight excluding hydrogens is 158 g/mol. The van der Waals surface area contributed by atoms with Gasteiger partial charge in [0.25, 0.3) is 0 Å². The summed E-state index contributed by atoms with van der Waals surface area (Å²) in [5, 5.41) is 8.60. The molecule has 0 atom stereocenters. The van der Waals surface area contributed by atoms with Crippen LogP contribution in [0.25, 0.3) is 0 Å². The zero-order chi connectivity index (χ0) is 8.72. The molecule has 1 aromatic heterocycles. The predicted molar refractivity (Wildman–Crippen MR) is 40.3 cm³/mol. The van der Waals surface area contributed by atoms with Crippen LogP contribution in [0, 0.1) is 0 Å². The number of aryl methyl sites for hydroxylation is 1. The summed E-state index contributed by atoms with van der Waals surface area (Å²) in [6.07, 6.45) is 2.00. The van der Waals surface area contributed by atoms with E-state index in [-0.39, 0.29) is 11.3 Å². The summed E-state index contributed by atoms with van der Waals surface area (Å²) >= 11 is 0. The second-order valence-electron chi connectivity index (χ2n) is 2.79. The van der Waals surface area contributed by atoms with Gasteiger partial charge in [-0.2, -0.15) is 0 Å². The lowest BCUT2D eigenvalue weighted by atomic mass is 10.2. The van der Waals surface area contributed by atoms with E-state index in [9.17, 15) is 9.59 Å². The number of nitrogens with zero attached hydrogens (tertiary/aromatic N) is 1. The van der Waals surface area contributed by atoms with E-state index in [2.05, 4.69) is 0 Å². The van der Waals surface area contributed by atoms with Crippen LogP contribution in [0.2, 0.25) is 0 Å². The first-order valence-electron chi connectivity index (χ1n) is 3.65. The van der Waals surface area contributed by atoms with Crippen LogP contribution in [0.1, 0.15) is 27.3 Å². The van der Waals surface area contributed by atoms with E-state index >= 15 is 0 Å². The predicted octanol–water partition coefficient (Wildman–Crippen LogP) is 0.773. The zero-order valence-electron chi connectivity index (χ0n) is 6.28. The highest BCUT2D eigenvalue weighted by Crippen LogP contribution is 2.17. The second kappa shape index (κ2) is 2.20. The highest BCUT2D eigenvalue weighted by Gasteiger charge is 2.21. The number of ketones is 1. The number of carbonyl (C=O) groups excluding carboxylic acids is 1. The summed E-state index contributed by atoms with van der Waals surface area (Å²) in [5.41, 5.74) is 0.713. The van der Waals surface area contributed by atoms with Crippen molar-refractivity contribution < 1.29 is 14.7 Å². The molecule has 0 saturated carbocycles. The minimum absolute atomic E-state index is 0.0301. The van der Waals surface area contributed by atoms with Gasteiger partial charge in [0.2, 0.25) is 0 Å². The Bertz CT molecular complexity index is 364. The van der Waals surface area contributed by atoms with Crippen molar-refractivity contribution in [3.8, 4) is 0 Å². The van der Waals surface area contributed by atoms with Gasteiger partial charge in [-0.05, 0) is 6.07 Å². The van der Waals surface area contributed by atoms with Crippen molar-refractivity contribution in [1.29, 1.82) is 0 Å². The fourth-order valence-electron chi connectivity index (χ4n) is 1.40. The average Bonchev–Trinajstić information content (AvgIpc) is 2.53. The summed E-state index contributed by atoms with van der Waals surface area (Å²) in [7, 11) is 0. The SMILES string of the molecule is O=C(O)c1cc2n(c1)CCC2=O. The summed E-state index contributed by atoms with van der Waals surface area (Å²) in [6.45, 7) is 0.613. The van der Waals surface area contributed by atoms with E-state index in [4.69, 9.17) is 5.11 Å². The summed E-state index contributed by atoms with van der Waals surface area (Å²) in [6, 6.07) is 1.43. The third kappa shape index (κ3) is 0.845. The molecular formula is C8H7NO3. The van der Waals surface area contributed by atoms with Crippen molar-refractivity contribution in [2.75, 3.05) is 0 Å². The molecule has 0 radical (unpaired) electrons. The molecule has 62 valence electrons. The maximum absolute atomic E-state index is 11.1. The smallest absolute Gasteiger partial charge is 0.337 e. The third-order valence-corrected chi connectivity index (χ3v) is 2.01. The van der Waals surface area contributed by atoms with Crippen molar-refractivity contribution in [2.45, 2.75) is 13.0 Å². The van der Waals surface area contributed by atoms with E-state index in [0.29, 0.717) is 18.7 Å². The van der Waals surface area contributed by atoms with Gasteiger partial charge < -0.3 is 9.67 Å². The molecule has 0 aliphatic carbocycles. The summed E-state index contributed by atoms with van der Waals surface area (Å²) in [4.78, 5) is 21.6. The molecule has 2 heterocycles. The first-order chi connectivity index (χ1) is 5.68. The Balaban J connectivity index is 2.49. The number of aromatic nitrogens is 1. The Morgan fingerprint density at radius 3 is 2.92 bits per heavy atom. The maximum atomic E-state index is 11.1. The number of carboxylic acid groups (broad SMARTS) is 1. The highest BCUT2D eigenvalue weighted by molar-refractivity contribution is 5.99. The number of aromatic carboxylic acids is 1. The van der Waals surface area contributed by atoms with Crippen LogP contribution in [-0.2, 0) is 6.54 Å². The molecule has 1 aliphatic heterocycles. The summed E-state index contributed by atoms with van der Waals surface area (Å²) < 4.78 is 1.69. The molecule has 1 aromatic rings. The first-order valence-corrected chi connectivity index (χ1v) is 3.65. The quantitative estimate of drug-likeness (QED) is 0.668. The summed E-state index contributed by atoms with van der Waals surface area (Å²) in [5.74, 6) is -0.952. The van der Waals surface area contributed by atoms with Crippen molar-refractivity contribution >= 4 is 11.8 Å². The van der Waals surface area contributed by atoms with Crippen molar-refractivity contribution in [3.05, 3.63) is 23.5 Å². The lowest BCUT2D eigenvalue weighted by molar-refractivity contribution is 0.0697. The van der Waals surface area contributed by atoms with E-state index in [0.717, 1.165) is 0 Å². The fraction of sp³-hybridized carbons (Fsp3) is 0.250. The normalized spacial score (nSPS) is 14.8. The number of rotatable bonds is 1. The first kappa shape index (κ1) is 7.09. The van der Waals surface area contributed by atoms with Gasteiger partial charge in [0.15, 0.2) is 5.78 Å². The van der Waals surface area contributed by atoms with Crippen molar-refractivity contribution in [3.63, 3.8) is 0 Å². The van der Waals surface area contributed by atoms with Crippen LogP contribution >= 0.6 is 0 Å². The van der Waals surface area contributed by atoms with Crippen molar-refractivity contribution in [2.24, 2.45) is 0 Å². The Morgan fingerprint density at radius 1 is 1.58 bits per heavy atom. The molecule has 0 bridgehead atoms. The number of hydrogen-bond donors (Lipinski definition) is 1. The number of carbonyl (C=O) groups is 2. The lowest BCUT2D eigenvalue weighted by Crippen LogP contribution is -1.95. The standard InChI is InChI=1S/C8H7NO3/c10-7-1-2-9-4-5(8(11)12)3-6(7)9/h3-4H,1-2H2,(H,11,12). The maximum Gasteiger partial charge on any atom is 0.337 e. The third-order valence-electron chi connectivity index (χ3n) is 2.01. The molecule has 0 spiro atoms. The average molecular weight is 165 g/mol. The topological polar surface area (TPSA) is 59.3 Å². The molecule has 2 rings (SSSR count). The molecule has 4 nitrogen and oxygen atoms in total. The Morgan fingerprint density at radius 2 is 2.33 bits per heavy atom. The molecule has 12 heavy (non-hydrogen) atoms. The van der Waals surface area contributed by atoms with Crippen LogP contribution in [0.5, 0.6) is 0 Å². The van der Waals surface area contributed by atoms with Gasteiger partial charge in [0.05, 0.1) is 11.3 Å². The van der Waals surface area contributed by atoms with Gasteiger partial charge in [-0.1, -0.05) is 0 Å². The van der Waals surface area contributed by atoms with Crippen LogP contribution in [0.15, 0.2) is 12.3 Å². The Labute approximate surface area is 68.4 Å². The van der Waals surface area contributed by atoms with E-state index in [1.807, 2.05) is 0 Å².